The Morgan fingerprint density at radius 1 is 1.03 bits per heavy atom. The van der Waals surface area contributed by atoms with Crippen LogP contribution in [0.4, 0.5) is 4.79 Å². The van der Waals surface area contributed by atoms with Crippen LogP contribution in [-0.4, -0.2) is 29.3 Å². The molecule has 1 fully saturated rings. The lowest BCUT2D eigenvalue weighted by Crippen LogP contribution is -2.45. The molecule has 6 heteroatoms. The SMILES string of the molecule is CCC[C@@H](NC(=O)CN1C(=O)N[C@](CC)(c2ccccc2)C1=O)c1ccccc1. The fourth-order valence-electron chi connectivity index (χ4n) is 3.81. The molecule has 0 aliphatic carbocycles. The Morgan fingerprint density at radius 3 is 2.24 bits per heavy atom. The van der Waals surface area contributed by atoms with Crippen LogP contribution in [0.3, 0.4) is 0 Å². The van der Waals surface area contributed by atoms with Gasteiger partial charge in [0.2, 0.25) is 5.91 Å². The number of benzene rings is 2. The number of nitrogens with one attached hydrogen (secondary N) is 2. The van der Waals surface area contributed by atoms with Gasteiger partial charge in [0.25, 0.3) is 5.91 Å². The Bertz CT molecular complexity index is 869. The van der Waals surface area contributed by atoms with Gasteiger partial charge in [0, 0.05) is 0 Å². The Kier molecular flexibility index (Phi) is 6.32. The molecule has 0 aromatic heterocycles. The molecule has 0 radical (unpaired) electrons. The first kappa shape index (κ1) is 20.6. The van der Waals surface area contributed by atoms with Crippen LogP contribution in [0.1, 0.15) is 50.3 Å². The zero-order valence-electron chi connectivity index (χ0n) is 16.9. The second-order valence-corrected chi connectivity index (χ2v) is 7.27. The number of hydrogen-bond acceptors (Lipinski definition) is 3. The van der Waals surface area contributed by atoms with E-state index >= 15 is 0 Å². The van der Waals surface area contributed by atoms with Crippen molar-refractivity contribution in [2.45, 2.75) is 44.7 Å². The van der Waals surface area contributed by atoms with Crippen LogP contribution in [0.25, 0.3) is 0 Å². The van der Waals surface area contributed by atoms with Crippen molar-refractivity contribution < 1.29 is 14.4 Å². The molecular formula is C23H27N3O3. The highest BCUT2D eigenvalue weighted by Crippen LogP contribution is 2.32. The molecule has 4 amide bonds. The summed E-state index contributed by atoms with van der Waals surface area (Å²) in [5, 5.41) is 5.78. The number of rotatable bonds is 8. The van der Waals surface area contributed by atoms with E-state index in [9.17, 15) is 14.4 Å². The summed E-state index contributed by atoms with van der Waals surface area (Å²) in [4.78, 5) is 39.4. The molecule has 2 N–H and O–H groups in total. The van der Waals surface area contributed by atoms with Crippen molar-refractivity contribution in [1.29, 1.82) is 0 Å². The van der Waals surface area contributed by atoms with Gasteiger partial charge in [-0.3, -0.25) is 14.5 Å². The predicted molar refractivity (Wildman–Crippen MR) is 111 cm³/mol. The van der Waals surface area contributed by atoms with Crippen LogP contribution >= 0.6 is 0 Å². The standard InChI is InChI=1S/C23H27N3O3/c1-3-11-19(17-12-7-5-8-13-17)24-20(27)16-26-21(28)23(4-2,25-22(26)29)18-14-9-6-10-15-18/h5-10,12-15,19H,3-4,11,16H2,1-2H3,(H,24,27)(H,25,29)/t19-,23-/m1/s1. The van der Waals surface area contributed by atoms with Crippen LogP contribution in [0, 0.1) is 0 Å². The van der Waals surface area contributed by atoms with Gasteiger partial charge in [-0.25, -0.2) is 4.79 Å². The average Bonchev–Trinajstić information content (AvgIpc) is 3.00. The van der Waals surface area contributed by atoms with Gasteiger partial charge in [0.15, 0.2) is 0 Å². The van der Waals surface area contributed by atoms with E-state index in [2.05, 4.69) is 17.6 Å². The van der Waals surface area contributed by atoms with E-state index in [4.69, 9.17) is 0 Å². The first-order valence-corrected chi connectivity index (χ1v) is 10.1. The maximum Gasteiger partial charge on any atom is 0.325 e. The minimum atomic E-state index is -1.12. The van der Waals surface area contributed by atoms with Crippen LogP contribution in [0.2, 0.25) is 0 Å². The van der Waals surface area contributed by atoms with Crippen LogP contribution in [0.15, 0.2) is 60.7 Å². The first-order valence-electron chi connectivity index (χ1n) is 10.1. The number of amides is 4. The van der Waals surface area contributed by atoms with E-state index in [1.807, 2.05) is 67.6 Å². The van der Waals surface area contributed by atoms with Gasteiger partial charge >= 0.3 is 6.03 Å². The summed E-state index contributed by atoms with van der Waals surface area (Å²) in [5.41, 5.74) is 0.602. The molecule has 1 heterocycles. The summed E-state index contributed by atoms with van der Waals surface area (Å²) in [6, 6.07) is 18.2. The van der Waals surface area contributed by atoms with Crippen molar-refractivity contribution in [1.82, 2.24) is 15.5 Å². The summed E-state index contributed by atoms with van der Waals surface area (Å²) in [7, 11) is 0. The summed E-state index contributed by atoms with van der Waals surface area (Å²) < 4.78 is 0. The van der Waals surface area contributed by atoms with Crippen LogP contribution < -0.4 is 10.6 Å². The van der Waals surface area contributed by atoms with Crippen molar-refractivity contribution >= 4 is 17.8 Å². The normalized spacial score (nSPS) is 19.7. The van der Waals surface area contributed by atoms with Gasteiger partial charge in [0.05, 0.1) is 6.04 Å². The van der Waals surface area contributed by atoms with Crippen molar-refractivity contribution in [2.24, 2.45) is 0 Å². The lowest BCUT2D eigenvalue weighted by Gasteiger charge is -2.26. The zero-order valence-corrected chi connectivity index (χ0v) is 16.9. The monoisotopic (exact) mass is 393 g/mol. The van der Waals surface area contributed by atoms with E-state index < -0.39 is 17.5 Å². The maximum atomic E-state index is 13.1. The zero-order chi connectivity index (χ0) is 20.9. The molecule has 2 aromatic carbocycles. The van der Waals surface area contributed by atoms with Gasteiger partial charge in [0.1, 0.15) is 12.1 Å². The Balaban J connectivity index is 1.75. The highest BCUT2D eigenvalue weighted by atomic mass is 16.2. The molecule has 6 nitrogen and oxygen atoms in total. The van der Waals surface area contributed by atoms with E-state index in [0.29, 0.717) is 6.42 Å². The molecule has 0 spiro atoms. The number of hydrogen-bond donors (Lipinski definition) is 2. The molecule has 0 saturated carbocycles. The second kappa shape index (κ2) is 8.90. The Hall–Kier alpha value is -3.15. The number of nitrogens with zero attached hydrogens (tertiary/aromatic N) is 1. The summed E-state index contributed by atoms with van der Waals surface area (Å²) in [5.74, 6) is -0.742. The summed E-state index contributed by atoms with van der Waals surface area (Å²) in [6.07, 6.45) is 2.08. The third-order valence-corrected chi connectivity index (χ3v) is 5.39. The molecule has 1 aliphatic heterocycles. The third-order valence-electron chi connectivity index (χ3n) is 5.39. The largest absolute Gasteiger partial charge is 0.348 e. The Morgan fingerprint density at radius 2 is 1.66 bits per heavy atom. The summed E-state index contributed by atoms with van der Waals surface area (Å²) >= 11 is 0. The number of imide groups is 1. The summed E-state index contributed by atoms with van der Waals surface area (Å²) in [6.45, 7) is 3.60. The molecule has 0 unspecified atom stereocenters. The second-order valence-electron chi connectivity index (χ2n) is 7.27. The van der Waals surface area contributed by atoms with Crippen LogP contribution in [0.5, 0.6) is 0 Å². The van der Waals surface area contributed by atoms with Gasteiger partial charge < -0.3 is 10.6 Å². The van der Waals surface area contributed by atoms with E-state index in [1.165, 1.54) is 0 Å². The number of carbonyl (C=O) groups excluding carboxylic acids is 3. The molecule has 0 bridgehead atoms. The van der Waals surface area contributed by atoms with Crippen molar-refractivity contribution in [2.75, 3.05) is 6.54 Å². The molecule has 29 heavy (non-hydrogen) atoms. The topological polar surface area (TPSA) is 78.5 Å². The molecule has 3 rings (SSSR count). The van der Waals surface area contributed by atoms with Crippen LogP contribution in [-0.2, 0) is 15.1 Å². The number of urea groups is 1. The average molecular weight is 393 g/mol. The third kappa shape index (κ3) is 4.16. The van der Waals surface area contributed by atoms with Crippen molar-refractivity contribution in [3.8, 4) is 0 Å². The highest BCUT2D eigenvalue weighted by molar-refractivity contribution is 6.09. The molecule has 2 aromatic rings. The lowest BCUT2D eigenvalue weighted by atomic mass is 9.87. The van der Waals surface area contributed by atoms with Gasteiger partial charge in [-0.1, -0.05) is 80.9 Å². The van der Waals surface area contributed by atoms with Crippen molar-refractivity contribution in [3.05, 3.63) is 71.8 Å². The lowest BCUT2D eigenvalue weighted by molar-refractivity contribution is -0.135. The minimum absolute atomic E-state index is 0.153. The minimum Gasteiger partial charge on any atom is -0.348 e. The van der Waals surface area contributed by atoms with Crippen molar-refractivity contribution in [3.63, 3.8) is 0 Å². The Labute approximate surface area is 171 Å². The molecule has 1 aliphatic rings. The molecule has 152 valence electrons. The van der Waals surface area contributed by atoms with E-state index in [-0.39, 0.29) is 18.5 Å². The number of carbonyl (C=O) groups is 3. The fourth-order valence-corrected chi connectivity index (χ4v) is 3.81. The van der Waals surface area contributed by atoms with Gasteiger partial charge in [-0.05, 0) is 24.0 Å². The smallest absolute Gasteiger partial charge is 0.325 e. The fraction of sp³-hybridized carbons (Fsp3) is 0.348. The molecule has 2 atom stereocenters. The quantitative estimate of drug-likeness (QED) is 0.674. The van der Waals surface area contributed by atoms with E-state index in [0.717, 1.165) is 28.9 Å². The van der Waals surface area contributed by atoms with Gasteiger partial charge in [-0.2, -0.15) is 0 Å². The molecular weight excluding hydrogens is 366 g/mol. The predicted octanol–water partition coefficient (Wildman–Crippen LogP) is 3.50. The van der Waals surface area contributed by atoms with Gasteiger partial charge in [-0.15, -0.1) is 0 Å². The highest BCUT2D eigenvalue weighted by Gasteiger charge is 2.51. The molecule has 1 saturated heterocycles. The van der Waals surface area contributed by atoms with E-state index in [1.54, 1.807) is 0 Å². The maximum absolute atomic E-state index is 13.1. The first-order chi connectivity index (χ1) is 14.0.